The molecule has 6 rings (SSSR count). The number of carbonyl (C=O) groups is 3. The van der Waals surface area contributed by atoms with Crippen LogP contribution < -0.4 is 0 Å². The smallest absolute Gasteiger partial charge is 0.343 e. The van der Waals surface area contributed by atoms with Gasteiger partial charge in [0.1, 0.15) is 0 Å². The van der Waals surface area contributed by atoms with Crippen LogP contribution in [-0.4, -0.2) is 60.8 Å². The molecule has 11 nitrogen and oxygen atoms in total. The zero-order valence-electron chi connectivity index (χ0n) is 27.1. The highest BCUT2D eigenvalue weighted by molar-refractivity contribution is 5.95. The largest absolute Gasteiger partial charge is 0.526 e. The molecule has 0 bridgehead atoms. The number of fused-ring (bicyclic) bond motifs is 2. The Hall–Kier alpha value is -4.93. The van der Waals surface area contributed by atoms with E-state index in [4.69, 9.17) is 9.47 Å². The van der Waals surface area contributed by atoms with E-state index < -0.39 is 18.3 Å². The van der Waals surface area contributed by atoms with Crippen molar-refractivity contribution in [2.75, 3.05) is 13.1 Å². The van der Waals surface area contributed by atoms with Gasteiger partial charge in [0.2, 0.25) is 0 Å². The van der Waals surface area contributed by atoms with Crippen LogP contribution in [0, 0.1) is 11.8 Å². The molecule has 0 aliphatic carbocycles. The van der Waals surface area contributed by atoms with E-state index in [-0.39, 0.29) is 23.9 Å². The number of ether oxygens (including phenoxy) is 2. The Kier molecular flexibility index (Phi) is 8.41. The van der Waals surface area contributed by atoms with Gasteiger partial charge < -0.3 is 9.47 Å². The summed E-state index contributed by atoms with van der Waals surface area (Å²) in [7, 11) is 0. The maximum Gasteiger partial charge on any atom is 0.526 e. The summed E-state index contributed by atoms with van der Waals surface area (Å²) in [5.74, 6) is 0.294. The van der Waals surface area contributed by atoms with Gasteiger partial charge in [-0.1, -0.05) is 38.1 Å². The van der Waals surface area contributed by atoms with Crippen LogP contribution in [0.15, 0.2) is 60.9 Å². The summed E-state index contributed by atoms with van der Waals surface area (Å²) in [6.07, 6.45) is 6.24. The molecule has 4 aromatic rings. The van der Waals surface area contributed by atoms with Crippen molar-refractivity contribution in [2.24, 2.45) is 11.8 Å². The first-order valence-corrected chi connectivity index (χ1v) is 15.9. The van der Waals surface area contributed by atoms with Crippen LogP contribution in [0.25, 0.3) is 33.2 Å². The lowest BCUT2D eigenvalue weighted by atomic mass is 9.98. The number of hydrogen-bond acceptors (Lipinski definition) is 7. The SMILES string of the molecule is CC(C)n1cc2cc(C3=CC[C@H](C)CN3C(=O)OC(=O)OC(=O)N3C[C@@H](C)CC=C3c3ccc4nn(C(C)C)cc4c3)ccc2n1. The predicted molar refractivity (Wildman–Crippen MR) is 176 cm³/mol. The quantitative estimate of drug-likeness (QED) is 0.167. The lowest BCUT2D eigenvalue weighted by Gasteiger charge is -2.32. The van der Waals surface area contributed by atoms with Gasteiger partial charge in [-0.15, -0.1) is 0 Å². The Balaban J connectivity index is 1.17. The predicted octanol–water partition coefficient (Wildman–Crippen LogP) is 8.01. The highest BCUT2D eigenvalue weighted by atomic mass is 16.8. The van der Waals surface area contributed by atoms with E-state index in [2.05, 4.69) is 37.9 Å². The molecular weight excluding hydrogens is 584 g/mol. The fourth-order valence-electron chi connectivity index (χ4n) is 5.92. The first kappa shape index (κ1) is 31.1. The molecule has 0 unspecified atom stereocenters. The number of amides is 2. The number of carbonyl (C=O) groups excluding carboxylic acids is 3. The minimum atomic E-state index is -1.37. The molecule has 2 atom stereocenters. The molecule has 46 heavy (non-hydrogen) atoms. The lowest BCUT2D eigenvalue weighted by molar-refractivity contribution is 0.0718. The first-order chi connectivity index (χ1) is 22.0. The molecule has 2 aromatic carbocycles. The molecule has 11 heteroatoms. The molecular formula is C35H40N6O5. The summed E-state index contributed by atoms with van der Waals surface area (Å²) in [5, 5.41) is 11.1. The Morgan fingerprint density at radius 2 is 1.11 bits per heavy atom. The van der Waals surface area contributed by atoms with Crippen LogP contribution in [0.3, 0.4) is 0 Å². The summed E-state index contributed by atoms with van der Waals surface area (Å²) in [6.45, 7) is 13.0. The fourth-order valence-corrected chi connectivity index (χ4v) is 5.92. The zero-order valence-corrected chi connectivity index (χ0v) is 27.1. The van der Waals surface area contributed by atoms with Crippen molar-refractivity contribution in [3.63, 3.8) is 0 Å². The number of allylic oxidation sites excluding steroid dienone is 2. The molecule has 2 amide bonds. The van der Waals surface area contributed by atoms with E-state index in [9.17, 15) is 14.4 Å². The number of nitrogens with zero attached hydrogens (tertiary/aromatic N) is 6. The van der Waals surface area contributed by atoms with Crippen LogP contribution in [0.2, 0.25) is 0 Å². The van der Waals surface area contributed by atoms with Crippen molar-refractivity contribution < 1.29 is 23.9 Å². The topological polar surface area (TPSA) is 112 Å². The van der Waals surface area contributed by atoms with E-state index in [1.54, 1.807) is 0 Å². The standard InChI is InChI=1S/C35H40N6O5/c1-21(2)40-19-27-15-25(9-11-29(27)36-40)31-13-7-23(5)17-38(31)33(42)45-35(44)46-34(43)39-18-24(6)8-14-32(39)26-10-12-30-28(16-26)20-41(37-30)22(3)4/h9-16,19-24H,7-8,17-18H2,1-6H3/t23-,24-/m0/s1. The molecule has 2 aliphatic heterocycles. The maximum atomic E-state index is 13.4. The third kappa shape index (κ3) is 6.27. The zero-order chi connectivity index (χ0) is 32.7. The second-order valence-corrected chi connectivity index (χ2v) is 13.0. The third-order valence-electron chi connectivity index (χ3n) is 8.47. The molecule has 0 N–H and O–H groups in total. The lowest BCUT2D eigenvalue weighted by Crippen LogP contribution is -2.40. The van der Waals surface area contributed by atoms with E-state index >= 15 is 0 Å². The van der Waals surface area contributed by atoms with Gasteiger partial charge in [-0.05, 0) is 87.8 Å². The summed E-state index contributed by atoms with van der Waals surface area (Å²) < 4.78 is 14.0. The van der Waals surface area contributed by atoms with Crippen molar-refractivity contribution in [3.05, 3.63) is 72.1 Å². The second-order valence-electron chi connectivity index (χ2n) is 13.0. The van der Waals surface area contributed by atoms with E-state index in [0.29, 0.717) is 24.5 Å². The van der Waals surface area contributed by atoms with Crippen molar-refractivity contribution in [1.29, 1.82) is 0 Å². The van der Waals surface area contributed by atoms with Gasteiger partial charge in [0.25, 0.3) is 0 Å². The number of benzene rings is 2. The molecule has 2 aromatic heterocycles. The monoisotopic (exact) mass is 624 g/mol. The average Bonchev–Trinajstić information content (AvgIpc) is 3.65. The van der Waals surface area contributed by atoms with Gasteiger partial charge in [0.15, 0.2) is 0 Å². The number of rotatable bonds is 4. The Morgan fingerprint density at radius 1 is 0.696 bits per heavy atom. The van der Waals surface area contributed by atoms with Gasteiger partial charge in [-0.25, -0.2) is 14.4 Å². The minimum absolute atomic E-state index is 0.147. The number of aromatic nitrogens is 4. The highest BCUT2D eigenvalue weighted by Crippen LogP contribution is 2.32. The third-order valence-corrected chi connectivity index (χ3v) is 8.47. The Labute approximate surface area is 268 Å². The van der Waals surface area contributed by atoms with E-state index in [0.717, 1.165) is 45.8 Å². The van der Waals surface area contributed by atoms with Crippen LogP contribution in [-0.2, 0) is 9.47 Å². The second kappa shape index (κ2) is 12.5. The molecule has 0 saturated heterocycles. The van der Waals surface area contributed by atoms with Crippen LogP contribution in [0.1, 0.15) is 77.6 Å². The summed E-state index contributed by atoms with van der Waals surface area (Å²) in [6, 6.07) is 12.0. The maximum absolute atomic E-state index is 13.4. The van der Waals surface area contributed by atoms with E-state index in [1.807, 2.05) is 84.2 Å². The average molecular weight is 625 g/mol. The van der Waals surface area contributed by atoms with Gasteiger partial charge >= 0.3 is 18.3 Å². The summed E-state index contributed by atoms with van der Waals surface area (Å²) in [5.41, 5.74) is 4.57. The Morgan fingerprint density at radius 3 is 1.50 bits per heavy atom. The van der Waals surface area contributed by atoms with Crippen LogP contribution >= 0.6 is 0 Å². The number of hydrogen-bond donors (Lipinski definition) is 0. The van der Waals surface area contributed by atoms with Crippen molar-refractivity contribution in [1.82, 2.24) is 29.4 Å². The molecule has 4 heterocycles. The summed E-state index contributed by atoms with van der Waals surface area (Å²) in [4.78, 5) is 42.5. The van der Waals surface area contributed by atoms with Gasteiger partial charge in [0.05, 0.1) is 22.4 Å². The molecule has 2 aliphatic rings. The van der Waals surface area contributed by atoms with Gasteiger partial charge in [0, 0.05) is 48.3 Å². The van der Waals surface area contributed by atoms with E-state index in [1.165, 1.54) is 9.80 Å². The van der Waals surface area contributed by atoms with Gasteiger partial charge in [-0.3, -0.25) is 19.2 Å². The fraction of sp³-hybridized carbons (Fsp3) is 0.400. The molecule has 0 fully saturated rings. The van der Waals surface area contributed by atoms with Crippen LogP contribution in [0.5, 0.6) is 0 Å². The first-order valence-electron chi connectivity index (χ1n) is 15.9. The highest BCUT2D eigenvalue weighted by Gasteiger charge is 2.32. The Bertz CT molecular complexity index is 1750. The van der Waals surface area contributed by atoms with Crippen LogP contribution in [0.4, 0.5) is 14.4 Å². The van der Waals surface area contributed by atoms with Crippen molar-refractivity contribution >= 4 is 51.5 Å². The van der Waals surface area contributed by atoms with Gasteiger partial charge in [-0.2, -0.15) is 10.2 Å². The molecule has 0 saturated carbocycles. The minimum Gasteiger partial charge on any atom is -0.343 e. The molecule has 0 radical (unpaired) electrons. The molecule has 240 valence electrons. The summed E-state index contributed by atoms with van der Waals surface area (Å²) >= 11 is 0. The normalized spacial score (nSPS) is 18.7. The molecule has 0 spiro atoms. The van der Waals surface area contributed by atoms with Crippen molar-refractivity contribution in [3.8, 4) is 0 Å². The van der Waals surface area contributed by atoms with Crippen molar-refractivity contribution in [2.45, 2.75) is 66.5 Å².